The van der Waals surface area contributed by atoms with Gasteiger partial charge in [0.1, 0.15) is 12.0 Å². The zero-order valence-electron chi connectivity index (χ0n) is 12.5. The maximum atomic E-state index is 13.0. The molecule has 6 heteroatoms. The highest BCUT2D eigenvalue weighted by Gasteiger charge is 2.35. The fourth-order valence-electron chi connectivity index (χ4n) is 3.41. The molecule has 0 saturated carbocycles. The van der Waals surface area contributed by atoms with Gasteiger partial charge in [-0.3, -0.25) is 0 Å². The van der Waals surface area contributed by atoms with Crippen LogP contribution in [-0.2, 0) is 6.18 Å². The molecule has 0 spiro atoms. The lowest BCUT2D eigenvalue weighted by molar-refractivity contribution is -0.137. The number of aliphatic imine (C=N–C) groups is 1. The minimum absolute atomic E-state index is 0.189. The van der Waals surface area contributed by atoms with Crippen molar-refractivity contribution < 1.29 is 17.6 Å². The van der Waals surface area contributed by atoms with Gasteiger partial charge in [0.15, 0.2) is 0 Å². The third-order valence-electron chi connectivity index (χ3n) is 4.49. The lowest BCUT2D eigenvalue weighted by atomic mass is 9.77. The standard InChI is InChI=1S/C18H13ClF3NO/c19-14-7-10(5-6-13(14)18(20,21)22)17-11-3-1-2-4-15(11)23-16-9-24-8-12(16)17/h3,5-9,17H,1-2,4H2. The quantitative estimate of drug-likeness (QED) is 0.593. The summed E-state index contributed by atoms with van der Waals surface area (Å²) in [4.78, 5) is 4.62. The molecule has 24 heavy (non-hydrogen) atoms. The van der Waals surface area contributed by atoms with E-state index in [4.69, 9.17) is 16.0 Å². The molecule has 0 N–H and O–H groups in total. The van der Waals surface area contributed by atoms with Crippen LogP contribution in [0.25, 0.3) is 0 Å². The van der Waals surface area contributed by atoms with Crippen LogP contribution in [0.5, 0.6) is 0 Å². The van der Waals surface area contributed by atoms with Crippen molar-refractivity contribution in [1.82, 2.24) is 0 Å². The molecule has 1 aliphatic heterocycles. The van der Waals surface area contributed by atoms with E-state index >= 15 is 0 Å². The highest BCUT2D eigenvalue weighted by molar-refractivity contribution is 6.31. The van der Waals surface area contributed by atoms with Crippen LogP contribution in [0.15, 0.2) is 51.8 Å². The van der Waals surface area contributed by atoms with Crippen LogP contribution in [0.3, 0.4) is 0 Å². The molecule has 0 amide bonds. The van der Waals surface area contributed by atoms with E-state index in [0.717, 1.165) is 53.4 Å². The molecule has 0 bridgehead atoms. The highest BCUT2D eigenvalue weighted by atomic mass is 35.5. The van der Waals surface area contributed by atoms with Crippen LogP contribution >= 0.6 is 11.6 Å². The Bertz CT molecular complexity index is 863. The van der Waals surface area contributed by atoms with E-state index in [1.54, 1.807) is 12.5 Å². The van der Waals surface area contributed by atoms with Crippen molar-refractivity contribution in [3.05, 3.63) is 64.1 Å². The monoisotopic (exact) mass is 351 g/mol. The SMILES string of the molecule is FC(F)(F)c1ccc(C2C3=CCCCC3=Nc3cocc32)cc1Cl. The van der Waals surface area contributed by atoms with Crippen molar-refractivity contribution in [3.63, 3.8) is 0 Å². The average molecular weight is 352 g/mol. The van der Waals surface area contributed by atoms with Gasteiger partial charge in [0.2, 0.25) is 0 Å². The fourth-order valence-corrected chi connectivity index (χ4v) is 3.71. The molecule has 4 rings (SSSR count). The minimum atomic E-state index is -4.46. The van der Waals surface area contributed by atoms with Crippen molar-refractivity contribution >= 4 is 23.0 Å². The normalized spacial score (nSPS) is 20.1. The molecular formula is C18H13ClF3NO. The molecule has 0 radical (unpaired) electrons. The van der Waals surface area contributed by atoms with Crippen molar-refractivity contribution in [2.24, 2.45) is 4.99 Å². The maximum absolute atomic E-state index is 13.0. The minimum Gasteiger partial charge on any atom is -0.470 e. The summed E-state index contributed by atoms with van der Waals surface area (Å²) in [5, 5.41) is -0.287. The van der Waals surface area contributed by atoms with Crippen LogP contribution in [0, 0.1) is 0 Å². The number of hydrogen-bond acceptors (Lipinski definition) is 2. The number of allylic oxidation sites excluding steroid dienone is 2. The number of hydrogen-bond donors (Lipinski definition) is 0. The average Bonchev–Trinajstić information content (AvgIpc) is 2.99. The van der Waals surface area contributed by atoms with Gasteiger partial charge in [0.25, 0.3) is 0 Å². The zero-order chi connectivity index (χ0) is 16.9. The van der Waals surface area contributed by atoms with Crippen LogP contribution in [-0.4, -0.2) is 5.71 Å². The van der Waals surface area contributed by atoms with Gasteiger partial charge in [0.05, 0.1) is 16.8 Å². The smallest absolute Gasteiger partial charge is 0.417 e. The van der Waals surface area contributed by atoms with Crippen LogP contribution in [0.1, 0.15) is 41.9 Å². The Labute approximate surface area is 141 Å². The van der Waals surface area contributed by atoms with E-state index in [1.807, 2.05) is 0 Å². The Hall–Kier alpha value is -2.01. The summed E-state index contributed by atoms with van der Waals surface area (Å²) in [6.07, 6.45) is 3.67. The maximum Gasteiger partial charge on any atom is 0.417 e. The summed E-state index contributed by atoms with van der Waals surface area (Å²) in [6, 6.07) is 3.95. The van der Waals surface area contributed by atoms with E-state index < -0.39 is 11.7 Å². The molecule has 1 unspecified atom stereocenters. The summed E-state index contributed by atoms with van der Waals surface area (Å²) >= 11 is 5.92. The second-order valence-corrected chi connectivity index (χ2v) is 6.40. The molecular weight excluding hydrogens is 339 g/mol. The van der Waals surface area contributed by atoms with Crippen molar-refractivity contribution in [2.45, 2.75) is 31.4 Å². The van der Waals surface area contributed by atoms with Crippen LogP contribution in [0.2, 0.25) is 5.02 Å². The molecule has 2 aliphatic rings. The molecule has 2 heterocycles. The number of alkyl halides is 3. The molecule has 1 aromatic heterocycles. The first-order valence-electron chi connectivity index (χ1n) is 7.66. The van der Waals surface area contributed by atoms with E-state index in [-0.39, 0.29) is 10.9 Å². The molecule has 124 valence electrons. The van der Waals surface area contributed by atoms with Crippen molar-refractivity contribution in [3.8, 4) is 0 Å². The topological polar surface area (TPSA) is 25.5 Å². The van der Waals surface area contributed by atoms with Gasteiger partial charge in [-0.15, -0.1) is 0 Å². The number of halogens is 4. The first-order chi connectivity index (χ1) is 11.4. The first kappa shape index (κ1) is 15.5. The number of benzene rings is 1. The molecule has 2 nitrogen and oxygen atoms in total. The first-order valence-corrected chi connectivity index (χ1v) is 8.03. The van der Waals surface area contributed by atoms with Crippen molar-refractivity contribution in [1.29, 1.82) is 0 Å². The lowest BCUT2D eigenvalue weighted by Crippen LogP contribution is -2.19. The highest BCUT2D eigenvalue weighted by Crippen LogP contribution is 2.46. The van der Waals surface area contributed by atoms with E-state index in [0.29, 0.717) is 0 Å². The second-order valence-electron chi connectivity index (χ2n) is 5.99. The summed E-state index contributed by atoms with van der Waals surface area (Å²) < 4.78 is 44.1. The van der Waals surface area contributed by atoms with E-state index in [1.165, 1.54) is 12.1 Å². The fraction of sp³-hybridized carbons (Fsp3) is 0.278. The number of nitrogens with zero attached hydrogens (tertiary/aromatic N) is 1. The third kappa shape index (κ3) is 2.47. The molecule has 1 aromatic carbocycles. The predicted molar refractivity (Wildman–Crippen MR) is 86.0 cm³/mol. The van der Waals surface area contributed by atoms with Gasteiger partial charge >= 0.3 is 6.18 Å². The summed E-state index contributed by atoms with van der Waals surface area (Å²) in [5.74, 6) is -0.189. The van der Waals surface area contributed by atoms with Gasteiger partial charge in [-0.25, -0.2) is 4.99 Å². The largest absolute Gasteiger partial charge is 0.470 e. The number of furan rings is 1. The molecule has 1 aliphatic carbocycles. The Morgan fingerprint density at radius 3 is 2.79 bits per heavy atom. The zero-order valence-corrected chi connectivity index (χ0v) is 13.3. The number of rotatable bonds is 1. The molecule has 0 saturated heterocycles. The van der Waals surface area contributed by atoms with Gasteiger partial charge in [0, 0.05) is 17.2 Å². The van der Waals surface area contributed by atoms with Crippen molar-refractivity contribution in [2.75, 3.05) is 0 Å². The molecule has 2 aromatic rings. The van der Waals surface area contributed by atoms with Crippen LogP contribution < -0.4 is 0 Å². The van der Waals surface area contributed by atoms with Gasteiger partial charge < -0.3 is 4.42 Å². The molecule has 0 fully saturated rings. The Morgan fingerprint density at radius 1 is 1.21 bits per heavy atom. The number of fused-ring (bicyclic) bond motifs is 2. The van der Waals surface area contributed by atoms with Gasteiger partial charge in [-0.2, -0.15) is 13.2 Å². The predicted octanol–water partition coefficient (Wildman–Crippen LogP) is 6.28. The summed E-state index contributed by atoms with van der Waals surface area (Å²) in [5.41, 5.74) is 3.54. The molecule has 1 atom stereocenters. The van der Waals surface area contributed by atoms with Gasteiger partial charge in [-0.05, 0) is 42.5 Å². The second kappa shape index (κ2) is 5.52. The summed E-state index contributed by atoms with van der Waals surface area (Å²) in [7, 11) is 0. The summed E-state index contributed by atoms with van der Waals surface area (Å²) in [6.45, 7) is 0. The lowest BCUT2D eigenvalue weighted by Gasteiger charge is -2.28. The Balaban J connectivity index is 1.85. The third-order valence-corrected chi connectivity index (χ3v) is 4.81. The Kier molecular flexibility index (Phi) is 3.57. The van der Waals surface area contributed by atoms with E-state index in [9.17, 15) is 13.2 Å². The van der Waals surface area contributed by atoms with Crippen LogP contribution in [0.4, 0.5) is 18.9 Å². The van der Waals surface area contributed by atoms with E-state index in [2.05, 4.69) is 11.1 Å². The van der Waals surface area contributed by atoms with Gasteiger partial charge in [-0.1, -0.05) is 23.7 Å². The Morgan fingerprint density at radius 2 is 2.04 bits per heavy atom.